The summed E-state index contributed by atoms with van der Waals surface area (Å²) in [4.78, 5) is 17.0. The first kappa shape index (κ1) is 15.0. The first-order valence-corrected chi connectivity index (χ1v) is 7.58. The minimum absolute atomic E-state index is 0.273. The van der Waals surface area contributed by atoms with E-state index in [1.54, 1.807) is 12.4 Å². The number of nitrogens with zero attached hydrogens (tertiary/aromatic N) is 5. The van der Waals surface area contributed by atoms with Gasteiger partial charge in [0.1, 0.15) is 11.0 Å². The second-order valence-corrected chi connectivity index (χ2v) is 5.77. The van der Waals surface area contributed by atoms with Crippen LogP contribution in [0.3, 0.4) is 0 Å². The summed E-state index contributed by atoms with van der Waals surface area (Å²) in [6.45, 7) is 2.02. The van der Waals surface area contributed by atoms with E-state index < -0.39 is 0 Å². The van der Waals surface area contributed by atoms with Gasteiger partial charge in [-0.05, 0) is 18.6 Å². The van der Waals surface area contributed by atoms with Crippen molar-refractivity contribution in [2.45, 2.75) is 19.1 Å². The Morgan fingerprint density at radius 2 is 2.23 bits per heavy atom. The van der Waals surface area contributed by atoms with Gasteiger partial charge in [0.05, 0.1) is 6.10 Å². The van der Waals surface area contributed by atoms with E-state index >= 15 is 0 Å². The van der Waals surface area contributed by atoms with Crippen LogP contribution in [-0.4, -0.2) is 46.3 Å². The van der Waals surface area contributed by atoms with Crippen molar-refractivity contribution < 1.29 is 5.11 Å². The molecule has 2 aromatic rings. The van der Waals surface area contributed by atoms with Crippen molar-refractivity contribution in [1.29, 1.82) is 0 Å². The Morgan fingerprint density at radius 1 is 1.36 bits per heavy atom. The van der Waals surface area contributed by atoms with Gasteiger partial charge in [-0.25, -0.2) is 9.97 Å². The van der Waals surface area contributed by atoms with E-state index in [0.29, 0.717) is 24.2 Å². The summed E-state index contributed by atoms with van der Waals surface area (Å²) in [7, 11) is 1.92. The van der Waals surface area contributed by atoms with Gasteiger partial charge in [0.2, 0.25) is 5.95 Å². The summed E-state index contributed by atoms with van der Waals surface area (Å²) in [6, 6.07) is 5.66. The fourth-order valence-corrected chi connectivity index (χ4v) is 2.69. The van der Waals surface area contributed by atoms with Crippen molar-refractivity contribution in [3.05, 3.63) is 41.3 Å². The topological polar surface area (TPSA) is 65.4 Å². The fraction of sp³-hybridized carbons (Fsp3) is 0.400. The minimum Gasteiger partial charge on any atom is -0.391 e. The number of aliphatic hydroxyl groups excluding tert-OH is 1. The normalized spacial score (nSPS) is 17.8. The van der Waals surface area contributed by atoms with Crippen molar-refractivity contribution >= 4 is 23.4 Å². The van der Waals surface area contributed by atoms with Crippen LogP contribution < -0.4 is 9.80 Å². The van der Waals surface area contributed by atoms with Crippen molar-refractivity contribution in [2.75, 3.05) is 29.9 Å². The van der Waals surface area contributed by atoms with Crippen LogP contribution in [0.4, 0.5) is 11.8 Å². The van der Waals surface area contributed by atoms with Crippen molar-refractivity contribution in [2.24, 2.45) is 0 Å². The molecule has 7 heteroatoms. The molecule has 0 bridgehead atoms. The van der Waals surface area contributed by atoms with Crippen LogP contribution in [0.25, 0.3) is 0 Å². The van der Waals surface area contributed by atoms with E-state index in [0.717, 1.165) is 24.3 Å². The Morgan fingerprint density at radius 3 is 2.95 bits per heavy atom. The highest BCUT2D eigenvalue weighted by Gasteiger charge is 2.22. The van der Waals surface area contributed by atoms with Gasteiger partial charge in [-0.2, -0.15) is 4.98 Å². The zero-order chi connectivity index (χ0) is 15.5. The molecule has 1 saturated heterocycles. The minimum atomic E-state index is -0.273. The zero-order valence-electron chi connectivity index (χ0n) is 12.4. The number of halogens is 1. The van der Waals surface area contributed by atoms with Gasteiger partial charge >= 0.3 is 0 Å². The molecule has 0 radical (unpaired) electrons. The lowest BCUT2D eigenvalue weighted by Crippen LogP contribution is -2.24. The maximum Gasteiger partial charge on any atom is 0.227 e. The SMILES string of the molecule is CN(Cc1cccnc1Cl)c1nccc(N2CC[C@H](O)C2)n1. The molecule has 3 rings (SSSR count). The summed E-state index contributed by atoms with van der Waals surface area (Å²) < 4.78 is 0. The molecule has 0 unspecified atom stereocenters. The van der Waals surface area contributed by atoms with Gasteiger partial charge in [-0.15, -0.1) is 0 Å². The van der Waals surface area contributed by atoms with Crippen LogP contribution in [0.2, 0.25) is 5.15 Å². The summed E-state index contributed by atoms with van der Waals surface area (Å²) in [5, 5.41) is 10.1. The van der Waals surface area contributed by atoms with E-state index in [4.69, 9.17) is 11.6 Å². The molecule has 1 aliphatic heterocycles. The summed E-state index contributed by atoms with van der Waals surface area (Å²) in [6.07, 6.45) is 3.91. The first-order valence-electron chi connectivity index (χ1n) is 7.20. The van der Waals surface area contributed by atoms with E-state index in [1.807, 2.05) is 30.1 Å². The number of aliphatic hydroxyl groups is 1. The smallest absolute Gasteiger partial charge is 0.227 e. The molecular weight excluding hydrogens is 302 g/mol. The first-order chi connectivity index (χ1) is 10.6. The number of rotatable bonds is 4. The molecular formula is C15H18ClN5O. The molecule has 0 aromatic carbocycles. The number of hydrogen-bond acceptors (Lipinski definition) is 6. The molecule has 1 fully saturated rings. The Hall–Kier alpha value is -1.92. The second-order valence-electron chi connectivity index (χ2n) is 5.41. The van der Waals surface area contributed by atoms with Crippen LogP contribution in [0.1, 0.15) is 12.0 Å². The molecule has 3 heterocycles. The number of aromatic nitrogens is 3. The third kappa shape index (κ3) is 3.28. The van der Waals surface area contributed by atoms with Crippen LogP contribution in [-0.2, 0) is 6.54 Å². The maximum absolute atomic E-state index is 9.65. The summed E-state index contributed by atoms with van der Waals surface area (Å²) in [5.74, 6) is 1.46. The number of pyridine rings is 1. The lowest BCUT2D eigenvalue weighted by Gasteiger charge is -2.21. The zero-order valence-corrected chi connectivity index (χ0v) is 13.1. The Bertz CT molecular complexity index is 653. The van der Waals surface area contributed by atoms with Crippen LogP contribution in [0.15, 0.2) is 30.6 Å². The highest BCUT2D eigenvalue weighted by Crippen LogP contribution is 2.21. The van der Waals surface area contributed by atoms with E-state index in [2.05, 4.69) is 19.9 Å². The number of β-amino-alcohol motifs (C(OH)–C–C–N with tert-alkyl or cyclic N) is 1. The van der Waals surface area contributed by atoms with E-state index in [9.17, 15) is 5.11 Å². The molecule has 1 aliphatic rings. The predicted octanol–water partition coefficient (Wildman–Crippen LogP) is 1.73. The number of hydrogen-bond donors (Lipinski definition) is 1. The van der Waals surface area contributed by atoms with Crippen LogP contribution in [0, 0.1) is 0 Å². The van der Waals surface area contributed by atoms with Gasteiger partial charge in [-0.1, -0.05) is 17.7 Å². The van der Waals surface area contributed by atoms with Crippen molar-refractivity contribution in [3.63, 3.8) is 0 Å². The molecule has 0 aliphatic carbocycles. The highest BCUT2D eigenvalue weighted by atomic mass is 35.5. The average molecular weight is 320 g/mol. The van der Waals surface area contributed by atoms with E-state index in [1.165, 1.54) is 0 Å². The standard InChI is InChI=1S/C15H18ClN5O/c1-20(9-11-3-2-6-17-14(11)16)15-18-7-4-13(19-15)21-8-5-12(22)10-21/h2-4,6-7,12,22H,5,8-10H2,1H3/t12-/m0/s1. The van der Waals surface area contributed by atoms with Gasteiger partial charge in [-0.3, -0.25) is 0 Å². The monoisotopic (exact) mass is 319 g/mol. The largest absolute Gasteiger partial charge is 0.391 e. The molecule has 22 heavy (non-hydrogen) atoms. The molecule has 116 valence electrons. The van der Waals surface area contributed by atoms with Crippen molar-refractivity contribution in [1.82, 2.24) is 15.0 Å². The Balaban J connectivity index is 1.75. The summed E-state index contributed by atoms with van der Waals surface area (Å²) >= 11 is 6.09. The number of anilines is 2. The summed E-state index contributed by atoms with van der Waals surface area (Å²) in [5.41, 5.74) is 0.928. The lowest BCUT2D eigenvalue weighted by molar-refractivity contribution is 0.198. The molecule has 1 atom stereocenters. The van der Waals surface area contributed by atoms with Crippen LogP contribution in [0.5, 0.6) is 0 Å². The molecule has 0 saturated carbocycles. The molecule has 2 aromatic heterocycles. The quantitative estimate of drug-likeness (QED) is 0.866. The van der Waals surface area contributed by atoms with Gasteiger partial charge < -0.3 is 14.9 Å². The predicted molar refractivity (Wildman–Crippen MR) is 86.2 cm³/mol. The average Bonchev–Trinajstić information content (AvgIpc) is 2.96. The van der Waals surface area contributed by atoms with Crippen molar-refractivity contribution in [3.8, 4) is 0 Å². The third-order valence-electron chi connectivity index (χ3n) is 3.70. The highest BCUT2D eigenvalue weighted by molar-refractivity contribution is 6.30. The lowest BCUT2D eigenvalue weighted by atomic mass is 10.3. The molecule has 6 nitrogen and oxygen atoms in total. The van der Waals surface area contributed by atoms with Crippen LogP contribution >= 0.6 is 11.6 Å². The second kappa shape index (κ2) is 6.46. The molecule has 1 N–H and O–H groups in total. The Kier molecular flexibility index (Phi) is 4.40. The fourth-order valence-electron chi connectivity index (χ4n) is 2.51. The Labute approximate surface area is 134 Å². The molecule has 0 spiro atoms. The van der Waals surface area contributed by atoms with E-state index in [-0.39, 0.29) is 6.10 Å². The van der Waals surface area contributed by atoms with Gasteiger partial charge in [0, 0.05) is 44.6 Å². The van der Waals surface area contributed by atoms with Gasteiger partial charge in [0.15, 0.2) is 0 Å². The maximum atomic E-state index is 9.65. The third-order valence-corrected chi connectivity index (χ3v) is 4.04. The van der Waals surface area contributed by atoms with Gasteiger partial charge in [0.25, 0.3) is 0 Å². The molecule has 0 amide bonds.